The standard InChI is InChI=1S/C11H14ClN3O3.ClH/c1-13-5-6-14(2)11(16)9-4-3-8(12)7-10(9)15(17)18;/h3-4,7,13H,5-6H2,1-2H3;1H. The molecule has 1 N–H and O–H groups in total. The SMILES string of the molecule is CNCCN(C)C(=O)c1ccc(Cl)cc1[N+](=O)[O-].Cl. The Morgan fingerprint density at radius 3 is 2.68 bits per heavy atom. The zero-order valence-corrected chi connectivity index (χ0v) is 12.1. The highest BCUT2D eigenvalue weighted by atomic mass is 35.5. The molecule has 0 atom stereocenters. The van der Waals surface area contributed by atoms with E-state index in [-0.39, 0.29) is 28.7 Å². The number of likely N-dealkylation sites (N-methyl/N-ethyl adjacent to an activating group) is 2. The Labute approximate surface area is 122 Å². The molecule has 0 aliphatic heterocycles. The summed E-state index contributed by atoms with van der Waals surface area (Å²) in [6.07, 6.45) is 0. The van der Waals surface area contributed by atoms with Gasteiger partial charge in [0.05, 0.1) is 4.92 Å². The van der Waals surface area contributed by atoms with E-state index in [2.05, 4.69) is 5.32 Å². The monoisotopic (exact) mass is 307 g/mol. The van der Waals surface area contributed by atoms with E-state index in [4.69, 9.17) is 11.6 Å². The van der Waals surface area contributed by atoms with Gasteiger partial charge in [-0.1, -0.05) is 11.6 Å². The molecule has 0 heterocycles. The van der Waals surface area contributed by atoms with E-state index in [0.717, 1.165) is 0 Å². The molecule has 1 rings (SSSR count). The largest absolute Gasteiger partial charge is 0.340 e. The Morgan fingerprint density at radius 2 is 2.16 bits per heavy atom. The topological polar surface area (TPSA) is 75.5 Å². The van der Waals surface area contributed by atoms with E-state index in [9.17, 15) is 14.9 Å². The van der Waals surface area contributed by atoms with Gasteiger partial charge in [0.15, 0.2) is 0 Å². The van der Waals surface area contributed by atoms with Crippen molar-refractivity contribution in [2.45, 2.75) is 0 Å². The number of benzene rings is 1. The fourth-order valence-electron chi connectivity index (χ4n) is 1.42. The van der Waals surface area contributed by atoms with E-state index in [1.54, 1.807) is 14.1 Å². The van der Waals surface area contributed by atoms with Crippen molar-refractivity contribution in [3.05, 3.63) is 38.9 Å². The Kier molecular flexibility index (Phi) is 7.36. The fraction of sp³-hybridized carbons (Fsp3) is 0.364. The third-order valence-corrected chi connectivity index (χ3v) is 2.67. The lowest BCUT2D eigenvalue weighted by molar-refractivity contribution is -0.385. The summed E-state index contributed by atoms with van der Waals surface area (Å²) in [6.45, 7) is 1.08. The van der Waals surface area contributed by atoms with Crippen molar-refractivity contribution in [1.29, 1.82) is 0 Å². The Hall–Kier alpha value is -1.37. The van der Waals surface area contributed by atoms with Crippen LogP contribution in [0, 0.1) is 10.1 Å². The number of hydrogen-bond acceptors (Lipinski definition) is 4. The average molecular weight is 308 g/mol. The van der Waals surface area contributed by atoms with Gasteiger partial charge in [-0.15, -0.1) is 12.4 Å². The Bertz CT molecular complexity index is 468. The highest BCUT2D eigenvalue weighted by Gasteiger charge is 2.22. The number of nitro benzene ring substituents is 1. The van der Waals surface area contributed by atoms with Gasteiger partial charge >= 0.3 is 0 Å². The van der Waals surface area contributed by atoms with Gasteiger partial charge in [-0.25, -0.2) is 0 Å². The molecule has 106 valence electrons. The molecule has 0 aromatic heterocycles. The molecular formula is C11H15Cl2N3O3. The van der Waals surface area contributed by atoms with Gasteiger partial charge in [0.1, 0.15) is 5.56 Å². The first-order valence-electron chi connectivity index (χ1n) is 5.31. The average Bonchev–Trinajstić information content (AvgIpc) is 2.34. The van der Waals surface area contributed by atoms with Crippen molar-refractivity contribution in [2.75, 3.05) is 27.2 Å². The maximum Gasteiger partial charge on any atom is 0.283 e. The smallest absolute Gasteiger partial charge is 0.283 e. The molecule has 0 fully saturated rings. The minimum Gasteiger partial charge on any atom is -0.340 e. The second kappa shape index (κ2) is 7.93. The number of carbonyl (C=O) groups is 1. The van der Waals surface area contributed by atoms with Crippen LogP contribution in [-0.2, 0) is 0 Å². The summed E-state index contributed by atoms with van der Waals surface area (Å²) in [5.74, 6) is -0.395. The quantitative estimate of drug-likeness (QED) is 0.666. The Balaban J connectivity index is 0.00000324. The molecular weight excluding hydrogens is 293 g/mol. The van der Waals surface area contributed by atoms with Gasteiger partial charge in [-0.3, -0.25) is 14.9 Å². The molecule has 1 amide bonds. The van der Waals surface area contributed by atoms with Crippen molar-refractivity contribution >= 4 is 35.6 Å². The summed E-state index contributed by atoms with van der Waals surface area (Å²) in [5.41, 5.74) is -0.230. The molecule has 0 saturated heterocycles. The van der Waals surface area contributed by atoms with Crippen LogP contribution >= 0.6 is 24.0 Å². The van der Waals surface area contributed by atoms with Crippen LogP contribution in [0.2, 0.25) is 5.02 Å². The second-order valence-corrected chi connectivity index (χ2v) is 4.19. The number of nitrogens with zero attached hydrogens (tertiary/aromatic N) is 2. The molecule has 0 spiro atoms. The number of rotatable bonds is 5. The molecule has 1 aromatic rings. The molecule has 0 radical (unpaired) electrons. The third-order valence-electron chi connectivity index (χ3n) is 2.43. The fourth-order valence-corrected chi connectivity index (χ4v) is 1.59. The number of hydrogen-bond donors (Lipinski definition) is 1. The van der Waals surface area contributed by atoms with Gasteiger partial charge in [0.25, 0.3) is 11.6 Å². The molecule has 6 nitrogen and oxygen atoms in total. The van der Waals surface area contributed by atoms with Crippen LogP contribution in [0.15, 0.2) is 18.2 Å². The normalized spacial score (nSPS) is 9.63. The lowest BCUT2D eigenvalue weighted by Gasteiger charge is -2.16. The lowest BCUT2D eigenvalue weighted by atomic mass is 10.1. The van der Waals surface area contributed by atoms with E-state index in [1.165, 1.54) is 23.1 Å². The number of carbonyl (C=O) groups excluding carboxylic acids is 1. The van der Waals surface area contributed by atoms with Crippen LogP contribution < -0.4 is 5.32 Å². The highest BCUT2D eigenvalue weighted by molar-refractivity contribution is 6.31. The maximum absolute atomic E-state index is 12.0. The third kappa shape index (κ3) is 4.66. The van der Waals surface area contributed by atoms with Crippen LogP contribution in [-0.4, -0.2) is 42.9 Å². The first kappa shape index (κ1) is 17.6. The van der Waals surface area contributed by atoms with Crippen LogP contribution in [0.4, 0.5) is 5.69 Å². The van der Waals surface area contributed by atoms with E-state index < -0.39 is 10.8 Å². The highest BCUT2D eigenvalue weighted by Crippen LogP contribution is 2.24. The molecule has 1 aromatic carbocycles. The van der Waals surface area contributed by atoms with Gasteiger partial charge in [0, 0.05) is 31.2 Å². The summed E-state index contributed by atoms with van der Waals surface area (Å²) in [6, 6.07) is 4.02. The van der Waals surface area contributed by atoms with Crippen LogP contribution in [0.25, 0.3) is 0 Å². The van der Waals surface area contributed by atoms with Gasteiger partial charge in [-0.2, -0.15) is 0 Å². The Morgan fingerprint density at radius 1 is 1.53 bits per heavy atom. The van der Waals surface area contributed by atoms with Crippen LogP contribution in [0.5, 0.6) is 0 Å². The second-order valence-electron chi connectivity index (χ2n) is 3.75. The van der Waals surface area contributed by atoms with Crippen molar-refractivity contribution in [1.82, 2.24) is 10.2 Å². The minimum absolute atomic E-state index is 0. The predicted molar refractivity (Wildman–Crippen MR) is 76.2 cm³/mol. The lowest BCUT2D eigenvalue weighted by Crippen LogP contribution is -2.33. The van der Waals surface area contributed by atoms with Crippen molar-refractivity contribution < 1.29 is 9.72 Å². The summed E-state index contributed by atoms with van der Waals surface area (Å²) < 4.78 is 0. The zero-order valence-electron chi connectivity index (χ0n) is 10.6. The molecule has 8 heteroatoms. The zero-order chi connectivity index (χ0) is 13.7. The molecule has 0 aliphatic carbocycles. The summed E-state index contributed by atoms with van der Waals surface area (Å²) >= 11 is 5.69. The van der Waals surface area contributed by atoms with Gasteiger partial charge < -0.3 is 10.2 Å². The van der Waals surface area contributed by atoms with Crippen molar-refractivity contribution in [3.8, 4) is 0 Å². The van der Waals surface area contributed by atoms with E-state index >= 15 is 0 Å². The number of amides is 1. The predicted octanol–water partition coefficient (Wildman–Crippen LogP) is 1.96. The first-order valence-corrected chi connectivity index (χ1v) is 5.69. The molecule has 0 aliphatic rings. The minimum atomic E-state index is -0.606. The number of halogens is 2. The van der Waals surface area contributed by atoms with Crippen molar-refractivity contribution in [3.63, 3.8) is 0 Å². The first-order chi connectivity index (χ1) is 8.47. The van der Waals surface area contributed by atoms with Gasteiger partial charge in [-0.05, 0) is 19.2 Å². The number of nitro groups is 1. The molecule has 0 bridgehead atoms. The van der Waals surface area contributed by atoms with Crippen molar-refractivity contribution in [2.24, 2.45) is 0 Å². The summed E-state index contributed by atoms with van der Waals surface area (Å²) in [4.78, 5) is 23.7. The van der Waals surface area contributed by atoms with Gasteiger partial charge in [0.2, 0.25) is 0 Å². The summed E-state index contributed by atoms with van der Waals surface area (Å²) in [7, 11) is 3.36. The van der Waals surface area contributed by atoms with Crippen LogP contribution in [0.3, 0.4) is 0 Å². The molecule has 0 unspecified atom stereocenters. The van der Waals surface area contributed by atoms with E-state index in [1.807, 2.05) is 0 Å². The maximum atomic E-state index is 12.0. The molecule has 0 saturated carbocycles. The molecule has 19 heavy (non-hydrogen) atoms. The summed E-state index contributed by atoms with van der Waals surface area (Å²) in [5, 5.41) is 14.0. The van der Waals surface area contributed by atoms with E-state index in [0.29, 0.717) is 13.1 Å². The van der Waals surface area contributed by atoms with Crippen LogP contribution in [0.1, 0.15) is 10.4 Å². The number of nitrogens with one attached hydrogen (secondary N) is 1.